The van der Waals surface area contributed by atoms with Crippen LogP contribution >= 0.6 is 11.6 Å². The van der Waals surface area contributed by atoms with Crippen LogP contribution in [-0.2, 0) is 25.0 Å². The Kier molecular flexibility index (Phi) is 4.10. The summed E-state index contributed by atoms with van der Waals surface area (Å²) in [5.74, 6) is 0. The van der Waals surface area contributed by atoms with Crippen molar-refractivity contribution >= 4 is 22.5 Å². The predicted octanol–water partition coefficient (Wildman–Crippen LogP) is 4.38. The lowest BCUT2D eigenvalue weighted by atomic mass is 9.88. The Labute approximate surface area is 170 Å². The number of pyridine rings is 1. The number of hydrogen-bond donors (Lipinski definition) is 1. The summed E-state index contributed by atoms with van der Waals surface area (Å²) in [5, 5.41) is 13.9. The van der Waals surface area contributed by atoms with E-state index in [4.69, 9.17) is 16.6 Å². The Morgan fingerprint density at radius 2 is 2.04 bits per heavy atom. The van der Waals surface area contributed by atoms with Crippen molar-refractivity contribution in [2.45, 2.75) is 51.3 Å². The van der Waals surface area contributed by atoms with Gasteiger partial charge in [0, 0.05) is 51.7 Å². The van der Waals surface area contributed by atoms with E-state index in [0.717, 1.165) is 47.9 Å². The summed E-state index contributed by atoms with van der Waals surface area (Å²) in [5.41, 5.74) is 5.98. The molecule has 0 saturated heterocycles. The zero-order valence-electron chi connectivity index (χ0n) is 16.7. The lowest BCUT2D eigenvalue weighted by Crippen LogP contribution is -2.36. The van der Waals surface area contributed by atoms with Crippen LogP contribution in [0, 0.1) is 6.92 Å². The van der Waals surface area contributed by atoms with Crippen LogP contribution in [0.25, 0.3) is 10.9 Å². The fourth-order valence-corrected chi connectivity index (χ4v) is 5.40. The van der Waals surface area contributed by atoms with Gasteiger partial charge in [-0.2, -0.15) is 0 Å². The molecule has 0 saturated carbocycles. The molecule has 2 unspecified atom stereocenters. The molecule has 0 bridgehead atoms. The third kappa shape index (κ3) is 2.55. The van der Waals surface area contributed by atoms with Crippen molar-refractivity contribution in [3.05, 3.63) is 63.6 Å². The Morgan fingerprint density at radius 1 is 1.21 bits per heavy atom. The summed E-state index contributed by atoms with van der Waals surface area (Å²) in [7, 11) is 2.16. The number of likely N-dealkylation sites (N-methyl/N-ethyl adjacent to an activating group) is 1. The van der Waals surface area contributed by atoms with Gasteiger partial charge in [-0.3, -0.25) is 4.98 Å². The number of hydrogen-bond acceptors (Lipinski definition) is 3. The van der Waals surface area contributed by atoms with Crippen molar-refractivity contribution < 1.29 is 5.11 Å². The maximum absolute atomic E-state index is 11.9. The van der Waals surface area contributed by atoms with Crippen LogP contribution in [0.1, 0.15) is 47.6 Å². The molecule has 0 radical (unpaired) electrons. The predicted molar refractivity (Wildman–Crippen MR) is 113 cm³/mol. The van der Waals surface area contributed by atoms with Gasteiger partial charge in [-0.05, 0) is 70.0 Å². The van der Waals surface area contributed by atoms with E-state index in [1.165, 1.54) is 22.2 Å². The maximum atomic E-state index is 11.9. The lowest BCUT2D eigenvalue weighted by molar-refractivity contribution is -0.00941. The van der Waals surface area contributed by atoms with E-state index in [-0.39, 0.29) is 6.04 Å². The molecule has 2 aromatic heterocycles. The third-order valence-corrected chi connectivity index (χ3v) is 6.98. The molecule has 1 aromatic carbocycles. The van der Waals surface area contributed by atoms with Crippen LogP contribution in [0.5, 0.6) is 0 Å². The number of aromatic nitrogens is 2. The van der Waals surface area contributed by atoms with Gasteiger partial charge in [0.1, 0.15) is 5.60 Å². The van der Waals surface area contributed by atoms with Gasteiger partial charge in [0.15, 0.2) is 0 Å². The summed E-state index contributed by atoms with van der Waals surface area (Å²) < 4.78 is 2.37. The molecule has 2 aliphatic rings. The number of fused-ring (bicyclic) bond motifs is 4. The van der Waals surface area contributed by atoms with Gasteiger partial charge >= 0.3 is 0 Å². The molecule has 3 aromatic rings. The van der Waals surface area contributed by atoms with E-state index in [1.54, 1.807) is 0 Å². The van der Waals surface area contributed by atoms with E-state index in [2.05, 4.69) is 41.6 Å². The highest BCUT2D eigenvalue weighted by molar-refractivity contribution is 6.31. The molecule has 4 nitrogen and oxygen atoms in total. The summed E-state index contributed by atoms with van der Waals surface area (Å²) in [6.45, 7) is 6.10. The zero-order chi connectivity index (χ0) is 19.6. The first-order chi connectivity index (χ1) is 13.4. The molecule has 5 rings (SSSR count). The second-order valence-corrected chi connectivity index (χ2v) is 8.93. The van der Waals surface area contributed by atoms with Gasteiger partial charge in [0.05, 0.1) is 6.04 Å². The number of benzene rings is 1. The van der Waals surface area contributed by atoms with Crippen molar-refractivity contribution in [2.75, 3.05) is 13.6 Å². The molecule has 1 aliphatic carbocycles. The van der Waals surface area contributed by atoms with Crippen LogP contribution in [0.3, 0.4) is 0 Å². The first-order valence-electron chi connectivity index (χ1n) is 10.1. The molecule has 0 fully saturated rings. The maximum Gasteiger partial charge on any atom is 0.112 e. The van der Waals surface area contributed by atoms with Gasteiger partial charge in [-0.1, -0.05) is 17.7 Å². The minimum atomic E-state index is -0.911. The average molecular weight is 396 g/mol. The molecule has 146 valence electrons. The first-order valence-corrected chi connectivity index (χ1v) is 10.5. The van der Waals surface area contributed by atoms with Gasteiger partial charge in [0.25, 0.3) is 0 Å². The Balaban J connectivity index is 1.71. The van der Waals surface area contributed by atoms with E-state index in [0.29, 0.717) is 6.42 Å². The SMILES string of the molecule is Cc1ccc2c(n1)CCC2(O)C(C)n1c2c(c3cc(Cl)ccc31)CCN(C)C2. The molecule has 2 atom stereocenters. The van der Waals surface area contributed by atoms with E-state index in [1.807, 2.05) is 19.1 Å². The normalized spacial score (nSPS) is 23.0. The summed E-state index contributed by atoms with van der Waals surface area (Å²) >= 11 is 6.34. The molecule has 0 amide bonds. The number of aryl methyl sites for hydroxylation is 2. The second-order valence-electron chi connectivity index (χ2n) is 8.49. The van der Waals surface area contributed by atoms with E-state index >= 15 is 0 Å². The van der Waals surface area contributed by atoms with Gasteiger partial charge in [0.2, 0.25) is 0 Å². The zero-order valence-corrected chi connectivity index (χ0v) is 17.4. The largest absolute Gasteiger partial charge is 0.383 e. The number of halogens is 1. The lowest BCUT2D eigenvalue weighted by Gasteiger charge is -2.35. The smallest absolute Gasteiger partial charge is 0.112 e. The van der Waals surface area contributed by atoms with Crippen molar-refractivity contribution in [3.63, 3.8) is 0 Å². The van der Waals surface area contributed by atoms with Crippen LogP contribution in [0.4, 0.5) is 0 Å². The van der Waals surface area contributed by atoms with Crippen LogP contribution < -0.4 is 0 Å². The topological polar surface area (TPSA) is 41.3 Å². The van der Waals surface area contributed by atoms with Crippen molar-refractivity contribution in [2.24, 2.45) is 0 Å². The molecule has 0 spiro atoms. The molecule has 3 heterocycles. The summed E-state index contributed by atoms with van der Waals surface area (Å²) in [6, 6.07) is 10.2. The number of nitrogens with zero attached hydrogens (tertiary/aromatic N) is 3. The fraction of sp³-hybridized carbons (Fsp3) is 0.435. The molecule has 28 heavy (non-hydrogen) atoms. The minimum Gasteiger partial charge on any atom is -0.383 e. The Hall–Kier alpha value is -1.88. The molecule has 1 aliphatic heterocycles. The van der Waals surface area contributed by atoms with Crippen LogP contribution in [0.15, 0.2) is 30.3 Å². The number of aliphatic hydroxyl groups is 1. The Bertz CT molecular complexity index is 1090. The van der Waals surface area contributed by atoms with E-state index < -0.39 is 5.60 Å². The fourth-order valence-electron chi connectivity index (χ4n) is 5.22. The minimum absolute atomic E-state index is 0.0859. The average Bonchev–Trinajstić information content (AvgIpc) is 3.16. The van der Waals surface area contributed by atoms with Gasteiger partial charge in [-0.15, -0.1) is 0 Å². The van der Waals surface area contributed by atoms with E-state index in [9.17, 15) is 5.11 Å². The third-order valence-electron chi connectivity index (χ3n) is 6.75. The molecule has 5 heteroatoms. The van der Waals surface area contributed by atoms with Gasteiger partial charge < -0.3 is 14.6 Å². The monoisotopic (exact) mass is 395 g/mol. The first kappa shape index (κ1) is 18.2. The standard InChI is InChI=1S/C23H26ClN3O/c1-14-4-6-19-20(25-14)8-10-23(19,28)15(2)27-21-7-5-16(24)12-18(21)17-9-11-26(3)13-22(17)27/h4-7,12,15,28H,8-11,13H2,1-3H3. The van der Waals surface area contributed by atoms with Crippen LogP contribution in [0.2, 0.25) is 5.02 Å². The summed E-state index contributed by atoms with van der Waals surface area (Å²) in [4.78, 5) is 7.04. The quantitative estimate of drug-likeness (QED) is 0.700. The van der Waals surface area contributed by atoms with Crippen LogP contribution in [-0.4, -0.2) is 33.1 Å². The second kappa shape index (κ2) is 6.31. The molecular formula is C23H26ClN3O. The Morgan fingerprint density at radius 3 is 2.86 bits per heavy atom. The molecular weight excluding hydrogens is 370 g/mol. The van der Waals surface area contributed by atoms with Crippen molar-refractivity contribution in [1.82, 2.24) is 14.5 Å². The highest BCUT2D eigenvalue weighted by atomic mass is 35.5. The summed E-state index contributed by atoms with van der Waals surface area (Å²) in [6.07, 6.45) is 2.54. The number of rotatable bonds is 2. The van der Waals surface area contributed by atoms with Crippen molar-refractivity contribution in [1.29, 1.82) is 0 Å². The molecule has 1 N–H and O–H groups in total. The highest BCUT2D eigenvalue weighted by Gasteiger charge is 2.44. The van der Waals surface area contributed by atoms with Crippen molar-refractivity contribution in [3.8, 4) is 0 Å². The van der Waals surface area contributed by atoms with Gasteiger partial charge in [-0.25, -0.2) is 0 Å². The highest BCUT2D eigenvalue weighted by Crippen LogP contribution is 2.46.